The van der Waals surface area contributed by atoms with Gasteiger partial charge in [0.15, 0.2) is 0 Å². The second-order valence-electron chi connectivity index (χ2n) is 7.84. The summed E-state index contributed by atoms with van der Waals surface area (Å²) in [6, 6.07) is 11.0. The summed E-state index contributed by atoms with van der Waals surface area (Å²) in [7, 11) is 1.81. The Hall–Kier alpha value is -3.65. The number of hydrogen-bond donors (Lipinski definition) is 1. The highest BCUT2D eigenvalue weighted by Gasteiger charge is 2.29. The first-order valence-corrected chi connectivity index (χ1v) is 11.3. The standard InChI is InChI=1S/C25H25N3O4S/c1-5-32-25(30)22-21-18(14-28-13-12-26-16(28)3)20(29)11-10-19(21)27(4)23(22)24(33-31)17-8-6-15(2)7-9-17/h6-13,29H,5,14H2,1-4H3. The van der Waals surface area contributed by atoms with Gasteiger partial charge in [-0.1, -0.05) is 29.8 Å². The first-order chi connectivity index (χ1) is 15.9. The number of aryl methyl sites for hydroxylation is 3. The van der Waals surface area contributed by atoms with Gasteiger partial charge in [0.1, 0.15) is 11.6 Å². The molecule has 2 heterocycles. The first-order valence-electron chi connectivity index (χ1n) is 10.6. The zero-order valence-corrected chi connectivity index (χ0v) is 19.8. The zero-order chi connectivity index (χ0) is 23.7. The summed E-state index contributed by atoms with van der Waals surface area (Å²) >= 11 is 0.339. The van der Waals surface area contributed by atoms with E-state index in [1.54, 1.807) is 25.3 Å². The molecule has 33 heavy (non-hydrogen) atoms. The Morgan fingerprint density at radius 2 is 1.88 bits per heavy atom. The maximum absolute atomic E-state index is 13.3. The molecule has 0 aliphatic rings. The number of phenolic OH excluding ortho intramolecular Hbond substituents is 1. The normalized spacial score (nSPS) is 11.0. The number of aromatic nitrogens is 3. The molecule has 0 aliphatic heterocycles. The molecule has 2 aromatic carbocycles. The van der Waals surface area contributed by atoms with E-state index in [0.29, 0.717) is 44.9 Å². The number of phenols is 1. The number of carbonyl (C=O) groups is 1. The number of hydrogen-bond acceptors (Lipinski definition) is 5. The van der Waals surface area contributed by atoms with Gasteiger partial charge in [0, 0.05) is 35.9 Å². The lowest BCUT2D eigenvalue weighted by atomic mass is 10.00. The Morgan fingerprint density at radius 3 is 2.48 bits per heavy atom. The smallest absolute Gasteiger partial charge is 0.341 e. The van der Waals surface area contributed by atoms with E-state index < -0.39 is 5.97 Å². The minimum absolute atomic E-state index is 0.0601. The van der Waals surface area contributed by atoms with Crippen molar-refractivity contribution in [3.63, 3.8) is 0 Å². The summed E-state index contributed by atoms with van der Waals surface area (Å²) in [4.78, 5) is 17.9. The van der Waals surface area contributed by atoms with Gasteiger partial charge in [-0.15, -0.1) is 0 Å². The first kappa shape index (κ1) is 22.5. The van der Waals surface area contributed by atoms with E-state index >= 15 is 0 Å². The maximum atomic E-state index is 13.3. The highest BCUT2D eigenvalue weighted by atomic mass is 32.1. The number of nitrogens with zero attached hydrogens (tertiary/aromatic N) is 3. The number of imidazole rings is 1. The molecule has 0 saturated carbocycles. The minimum Gasteiger partial charge on any atom is -0.508 e. The van der Waals surface area contributed by atoms with Crippen LogP contribution in [0.25, 0.3) is 10.9 Å². The van der Waals surface area contributed by atoms with Crippen molar-refractivity contribution in [3.8, 4) is 5.75 Å². The van der Waals surface area contributed by atoms with Crippen LogP contribution in [0.15, 0.2) is 48.8 Å². The summed E-state index contributed by atoms with van der Waals surface area (Å²) < 4.78 is 21.5. The molecule has 8 heteroatoms. The van der Waals surface area contributed by atoms with Crippen LogP contribution < -0.4 is 0 Å². The fraction of sp³-hybridized carbons (Fsp3) is 0.240. The van der Waals surface area contributed by atoms with Gasteiger partial charge in [0.2, 0.25) is 0 Å². The molecular weight excluding hydrogens is 438 g/mol. The van der Waals surface area contributed by atoms with Crippen LogP contribution in [0, 0.1) is 13.8 Å². The minimum atomic E-state index is -0.536. The molecule has 2 aromatic heterocycles. The molecular formula is C25H25N3O4S. The third-order valence-electron chi connectivity index (χ3n) is 5.79. The Bertz CT molecular complexity index is 1410. The highest BCUT2D eigenvalue weighted by Crippen LogP contribution is 2.36. The summed E-state index contributed by atoms with van der Waals surface area (Å²) in [6.45, 7) is 6.09. The van der Waals surface area contributed by atoms with E-state index in [0.717, 1.165) is 16.9 Å². The van der Waals surface area contributed by atoms with Crippen LogP contribution in [0.3, 0.4) is 0 Å². The zero-order valence-electron chi connectivity index (χ0n) is 19.0. The molecule has 7 nitrogen and oxygen atoms in total. The topological polar surface area (TPSA) is 86.4 Å². The molecule has 0 amide bonds. The number of ether oxygens (including phenoxy) is 1. The molecule has 0 spiro atoms. The van der Waals surface area contributed by atoms with E-state index in [1.807, 2.05) is 60.5 Å². The second kappa shape index (κ2) is 9.07. The van der Waals surface area contributed by atoms with Gasteiger partial charge in [-0.25, -0.2) is 14.0 Å². The number of aromatic hydroxyl groups is 1. The van der Waals surface area contributed by atoms with Crippen molar-refractivity contribution < 1.29 is 18.8 Å². The Labute approximate surface area is 195 Å². The summed E-state index contributed by atoms with van der Waals surface area (Å²) in [5, 5.41) is 11.4. The van der Waals surface area contributed by atoms with Crippen molar-refractivity contribution in [2.24, 2.45) is 7.05 Å². The van der Waals surface area contributed by atoms with Crippen LogP contribution in [0.2, 0.25) is 0 Å². The average Bonchev–Trinajstić information content (AvgIpc) is 3.33. The summed E-state index contributed by atoms with van der Waals surface area (Å²) in [5.41, 5.74) is 3.82. The Balaban J connectivity index is 2.06. The van der Waals surface area contributed by atoms with E-state index in [9.17, 15) is 14.1 Å². The van der Waals surface area contributed by atoms with Gasteiger partial charge in [-0.2, -0.15) is 0 Å². The highest BCUT2D eigenvalue weighted by molar-refractivity contribution is 7.67. The molecule has 0 fully saturated rings. The third-order valence-corrected chi connectivity index (χ3v) is 6.39. The van der Waals surface area contributed by atoms with Crippen molar-refractivity contribution in [2.45, 2.75) is 27.3 Å². The quantitative estimate of drug-likeness (QED) is 0.268. The van der Waals surface area contributed by atoms with Crippen molar-refractivity contribution in [1.29, 1.82) is 0 Å². The Morgan fingerprint density at radius 1 is 1.15 bits per heavy atom. The van der Waals surface area contributed by atoms with Gasteiger partial charge >= 0.3 is 5.97 Å². The van der Waals surface area contributed by atoms with E-state index in [1.165, 1.54) is 0 Å². The number of fused-ring (bicyclic) bond motifs is 1. The predicted octanol–water partition coefficient (Wildman–Crippen LogP) is 3.70. The second-order valence-corrected chi connectivity index (χ2v) is 8.42. The number of rotatable bonds is 6. The van der Waals surface area contributed by atoms with E-state index in [2.05, 4.69) is 4.98 Å². The summed E-state index contributed by atoms with van der Waals surface area (Å²) in [6.07, 6.45) is 3.51. The van der Waals surface area contributed by atoms with Crippen LogP contribution in [-0.2, 0) is 29.6 Å². The SMILES string of the molecule is CCOC(=O)c1c(C(=S=O)c2ccc(C)cc2)n(C)c2ccc(O)c(Cn3ccnc3C)c12. The molecule has 0 saturated heterocycles. The van der Waals surface area contributed by atoms with Crippen LogP contribution in [0.5, 0.6) is 5.75 Å². The number of benzene rings is 2. The molecule has 0 aliphatic carbocycles. The van der Waals surface area contributed by atoms with Gasteiger partial charge in [0.05, 0.1) is 40.5 Å². The molecule has 4 aromatic rings. The fourth-order valence-corrected chi connectivity index (χ4v) is 4.64. The molecule has 170 valence electrons. The third kappa shape index (κ3) is 3.98. The van der Waals surface area contributed by atoms with Gasteiger partial charge < -0.3 is 19.0 Å². The summed E-state index contributed by atoms with van der Waals surface area (Å²) in [5.74, 6) is 0.304. The number of carbonyl (C=O) groups excluding carboxylic acids is 1. The van der Waals surface area contributed by atoms with Crippen molar-refractivity contribution >= 4 is 33.0 Å². The van der Waals surface area contributed by atoms with Crippen LogP contribution in [-0.4, -0.2) is 40.9 Å². The van der Waals surface area contributed by atoms with E-state index in [4.69, 9.17) is 4.74 Å². The van der Waals surface area contributed by atoms with Crippen LogP contribution in [0.4, 0.5) is 0 Å². The van der Waals surface area contributed by atoms with Crippen LogP contribution >= 0.6 is 0 Å². The molecule has 0 atom stereocenters. The lowest BCUT2D eigenvalue weighted by Gasteiger charge is -2.11. The monoisotopic (exact) mass is 463 g/mol. The Kier molecular flexibility index (Phi) is 6.20. The predicted molar refractivity (Wildman–Crippen MR) is 129 cm³/mol. The van der Waals surface area contributed by atoms with Gasteiger partial charge in [0.25, 0.3) is 0 Å². The largest absolute Gasteiger partial charge is 0.508 e. The van der Waals surface area contributed by atoms with E-state index in [-0.39, 0.29) is 17.9 Å². The molecule has 4 rings (SSSR count). The average molecular weight is 464 g/mol. The fourth-order valence-electron chi connectivity index (χ4n) is 4.09. The maximum Gasteiger partial charge on any atom is 0.341 e. The van der Waals surface area contributed by atoms with Crippen molar-refractivity contribution in [1.82, 2.24) is 14.1 Å². The lowest BCUT2D eigenvalue weighted by molar-refractivity contribution is 0.0528. The molecule has 0 radical (unpaired) electrons. The molecule has 0 bridgehead atoms. The van der Waals surface area contributed by atoms with Gasteiger partial charge in [-0.05, 0) is 38.5 Å². The molecule has 0 unspecified atom stereocenters. The number of esters is 1. The lowest BCUT2D eigenvalue weighted by Crippen LogP contribution is -2.15. The van der Waals surface area contributed by atoms with Crippen molar-refractivity contribution in [2.75, 3.05) is 6.61 Å². The molecule has 1 N–H and O–H groups in total. The van der Waals surface area contributed by atoms with Crippen molar-refractivity contribution in [3.05, 3.63) is 82.6 Å². The van der Waals surface area contributed by atoms with Gasteiger partial charge in [-0.3, -0.25) is 0 Å². The van der Waals surface area contributed by atoms with Crippen LogP contribution in [0.1, 0.15) is 45.5 Å².